The summed E-state index contributed by atoms with van der Waals surface area (Å²) in [5.41, 5.74) is 5.18. The van der Waals surface area contributed by atoms with Crippen LogP contribution in [0.15, 0.2) is 121 Å². The number of phenols is 8. The number of nitrogens with one attached hydrogen (secondary N) is 4. The van der Waals surface area contributed by atoms with E-state index >= 15 is 0 Å². The van der Waals surface area contributed by atoms with Crippen molar-refractivity contribution in [1.82, 2.24) is 21.3 Å². The summed E-state index contributed by atoms with van der Waals surface area (Å²) in [6.07, 6.45) is 0. The molecule has 504 valence electrons. The zero-order valence-corrected chi connectivity index (χ0v) is 55.2. The van der Waals surface area contributed by atoms with Crippen LogP contribution >= 0.6 is 0 Å². The van der Waals surface area contributed by atoms with Crippen LogP contribution < -0.4 is 21.3 Å². The van der Waals surface area contributed by atoms with Crippen molar-refractivity contribution in [3.8, 4) is 46.0 Å². The van der Waals surface area contributed by atoms with E-state index in [-0.39, 0.29) is 146 Å². The lowest BCUT2D eigenvalue weighted by molar-refractivity contribution is -0.142. The van der Waals surface area contributed by atoms with Gasteiger partial charge in [-0.05, 0) is 102 Å². The molecule has 0 aliphatic heterocycles. The number of hydrogen-bond donors (Lipinski definition) is 12. The van der Waals surface area contributed by atoms with Gasteiger partial charge in [-0.25, -0.2) is 0 Å². The maximum absolute atomic E-state index is 13.3. The monoisotopic (exact) mass is 1310 g/mol. The molecule has 0 saturated heterocycles. The van der Waals surface area contributed by atoms with E-state index in [1.165, 1.54) is 0 Å². The molecule has 0 amide bonds. The Bertz CT molecular complexity index is 3490. The van der Waals surface area contributed by atoms with E-state index in [0.717, 1.165) is 22.3 Å². The highest BCUT2D eigenvalue weighted by Crippen LogP contribution is 2.57. The number of aryl methyl sites for hydroxylation is 4. The summed E-state index contributed by atoms with van der Waals surface area (Å²) in [5, 5.41) is 119. The molecule has 0 unspecified atom stereocenters. The lowest BCUT2D eigenvalue weighted by Crippen LogP contribution is -2.25. The maximum Gasteiger partial charge on any atom is 0.319 e. The van der Waals surface area contributed by atoms with Crippen molar-refractivity contribution in [3.63, 3.8) is 0 Å². The van der Waals surface area contributed by atoms with Gasteiger partial charge in [-0.1, -0.05) is 119 Å². The van der Waals surface area contributed by atoms with Crippen molar-refractivity contribution in [2.45, 2.75) is 105 Å². The Hall–Kier alpha value is -10.1. The van der Waals surface area contributed by atoms with E-state index in [1.54, 1.807) is 100 Å². The molecule has 0 fully saturated rings. The summed E-state index contributed by atoms with van der Waals surface area (Å²) >= 11 is 0. The normalized spacial score (nSPS) is 15.0. The summed E-state index contributed by atoms with van der Waals surface area (Å²) in [6.45, 7) is 11.5. The molecule has 9 rings (SSSR count). The van der Waals surface area contributed by atoms with Gasteiger partial charge in [0, 0.05) is 94.4 Å². The molecule has 20 nitrogen and oxygen atoms in total. The highest BCUT2D eigenvalue weighted by molar-refractivity contribution is 5.75. The summed E-state index contributed by atoms with van der Waals surface area (Å²) in [6, 6.07) is 35.4. The summed E-state index contributed by atoms with van der Waals surface area (Å²) in [5.74, 6) is -11.6. The van der Waals surface area contributed by atoms with Crippen molar-refractivity contribution in [2.75, 3.05) is 52.6 Å². The molecule has 1 aliphatic carbocycles. The standard InChI is InChI=1S/C76H84N4O16/c1-9-93-61(81)37-77-33-57-69(85)49-29-50(70(57)86)66(46-23-15-42(6)16-24-46)52-31-54(74(90)59(72(52)88)35-79-39-63(83)95-11-3)68(48-27-19-44(8)20-28-48)56-32-55(75(91)60(76(56)92)36-80-40-64(84)96-12-4)67(47-25-17-43(7)18-26-47)53-30-51(65(49)45-21-13-41(5)14-22-45)71(87)58(73(53)89)34-78-38-62(82)94-10-2/h13-32,65-68,77-80,85-92H,9-12,33-40H2,1-8H3. The number of carbonyl (C=O) groups excluding carboxylic acids is 4. The van der Waals surface area contributed by atoms with Crippen LogP contribution in [0.5, 0.6) is 46.0 Å². The van der Waals surface area contributed by atoms with Gasteiger partial charge in [-0.2, -0.15) is 0 Å². The zero-order valence-electron chi connectivity index (χ0n) is 55.2. The molecule has 12 N–H and O–H groups in total. The average molecular weight is 1310 g/mol. The number of ether oxygens (including phenoxy) is 4. The minimum Gasteiger partial charge on any atom is -0.507 e. The van der Waals surface area contributed by atoms with Crippen LogP contribution in [0.4, 0.5) is 0 Å². The first-order valence-electron chi connectivity index (χ1n) is 32.1. The predicted octanol–water partition coefficient (Wildman–Crippen LogP) is 10.2. The first-order chi connectivity index (χ1) is 46.1. The fourth-order valence-corrected chi connectivity index (χ4v) is 12.6. The second-order valence-electron chi connectivity index (χ2n) is 23.9. The van der Waals surface area contributed by atoms with Gasteiger partial charge in [0.15, 0.2) is 0 Å². The Balaban J connectivity index is 1.55. The Labute approximate surface area is 558 Å². The number of carbonyl (C=O) groups is 4. The van der Waals surface area contributed by atoms with E-state index in [2.05, 4.69) is 21.3 Å². The summed E-state index contributed by atoms with van der Waals surface area (Å²) in [7, 11) is 0. The third kappa shape index (κ3) is 15.3. The van der Waals surface area contributed by atoms with Crippen LogP contribution in [0, 0.1) is 27.7 Å². The van der Waals surface area contributed by atoms with E-state index in [4.69, 9.17) is 18.9 Å². The molecule has 96 heavy (non-hydrogen) atoms. The van der Waals surface area contributed by atoms with Crippen molar-refractivity contribution < 1.29 is 79.0 Å². The number of aromatic hydroxyl groups is 8. The average Bonchev–Trinajstić information content (AvgIpc) is 0.732. The molecule has 0 heterocycles. The molecule has 8 aromatic rings. The minimum atomic E-state index is -1.29. The molecule has 0 aromatic heterocycles. The summed E-state index contributed by atoms with van der Waals surface area (Å²) in [4.78, 5) is 52.3. The quantitative estimate of drug-likeness (QED) is 0.0198. The van der Waals surface area contributed by atoms with Crippen LogP contribution in [0.2, 0.25) is 0 Å². The number of benzene rings is 8. The Morgan fingerprint density at radius 3 is 0.594 bits per heavy atom. The van der Waals surface area contributed by atoms with Gasteiger partial charge < -0.3 is 81.1 Å². The third-order valence-corrected chi connectivity index (χ3v) is 17.4. The third-order valence-electron chi connectivity index (χ3n) is 17.4. The second-order valence-corrected chi connectivity index (χ2v) is 23.9. The van der Waals surface area contributed by atoms with Crippen molar-refractivity contribution in [3.05, 3.63) is 233 Å². The lowest BCUT2D eigenvalue weighted by Gasteiger charge is -2.32. The van der Waals surface area contributed by atoms with E-state index in [1.807, 2.05) is 76.2 Å². The minimum absolute atomic E-state index is 0.0603. The second kappa shape index (κ2) is 31.4. The van der Waals surface area contributed by atoms with E-state index < -0.39 is 93.5 Å². The van der Waals surface area contributed by atoms with Gasteiger partial charge >= 0.3 is 23.9 Å². The SMILES string of the molecule is CCOC(=O)CNCc1c(O)c2cc(c1O)C(c1ccc(C)cc1)c1cc(c(O)c(CNCC(=O)OCC)c1O)C(c1ccc(C)cc1)c1cc(c(O)c(CNCC(=O)OCC)c1O)C(c1ccc(C)cc1)c1cc(c(O)c(CNCC(=O)OCC)c1O)C2c1ccc(C)cc1. The maximum atomic E-state index is 13.3. The van der Waals surface area contributed by atoms with Gasteiger partial charge in [-0.15, -0.1) is 0 Å². The molecule has 20 heteroatoms. The van der Waals surface area contributed by atoms with Crippen LogP contribution in [0.1, 0.15) is 163 Å². The Kier molecular flexibility index (Phi) is 23.0. The number of hydrogen-bond acceptors (Lipinski definition) is 20. The first kappa shape index (κ1) is 70.2. The van der Waals surface area contributed by atoms with Gasteiger partial charge in [0.05, 0.1) is 74.9 Å². The highest BCUT2D eigenvalue weighted by Gasteiger charge is 2.39. The van der Waals surface area contributed by atoms with Crippen LogP contribution in [0.3, 0.4) is 0 Å². The summed E-state index contributed by atoms with van der Waals surface area (Å²) < 4.78 is 21.1. The zero-order chi connectivity index (χ0) is 69.1. The molecule has 8 bridgehead atoms. The molecule has 0 atom stereocenters. The topological polar surface area (TPSA) is 315 Å². The van der Waals surface area contributed by atoms with E-state index in [9.17, 15) is 60.0 Å². The van der Waals surface area contributed by atoms with Crippen molar-refractivity contribution in [1.29, 1.82) is 0 Å². The largest absolute Gasteiger partial charge is 0.507 e. The van der Waals surface area contributed by atoms with E-state index in [0.29, 0.717) is 22.3 Å². The highest BCUT2D eigenvalue weighted by atomic mass is 16.5. The van der Waals surface area contributed by atoms with Crippen LogP contribution in [0.25, 0.3) is 0 Å². The Morgan fingerprint density at radius 2 is 0.448 bits per heavy atom. The number of rotatable bonds is 24. The predicted molar refractivity (Wildman–Crippen MR) is 361 cm³/mol. The van der Waals surface area contributed by atoms with Crippen molar-refractivity contribution >= 4 is 23.9 Å². The van der Waals surface area contributed by atoms with Gasteiger partial charge in [0.1, 0.15) is 46.0 Å². The lowest BCUT2D eigenvalue weighted by atomic mass is 9.73. The first-order valence-corrected chi connectivity index (χ1v) is 32.1. The van der Waals surface area contributed by atoms with Crippen LogP contribution in [-0.2, 0) is 64.3 Å². The van der Waals surface area contributed by atoms with Crippen LogP contribution in [-0.4, -0.2) is 117 Å². The fourth-order valence-electron chi connectivity index (χ4n) is 12.6. The number of esters is 4. The molecule has 1 aliphatic rings. The van der Waals surface area contributed by atoms with Gasteiger partial charge in [-0.3, -0.25) is 19.2 Å². The van der Waals surface area contributed by atoms with Gasteiger partial charge in [0.2, 0.25) is 0 Å². The number of fused-ring (bicyclic) bond motifs is 8. The smallest absolute Gasteiger partial charge is 0.319 e. The molecule has 0 radical (unpaired) electrons. The molecular weight excluding hydrogens is 1220 g/mol. The molecule has 8 aromatic carbocycles. The molecule has 0 spiro atoms. The molecule has 0 saturated carbocycles. The van der Waals surface area contributed by atoms with Gasteiger partial charge in [0.25, 0.3) is 0 Å². The molecular formula is C76H84N4O16. The number of phenolic OH excluding ortho intramolecular Hbond substituents is 8. The Morgan fingerprint density at radius 1 is 0.292 bits per heavy atom. The fraction of sp³-hybridized carbons (Fsp3) is 0.316. The van der Waals surface area contributed by atoms with Crippen molar-refractivity contribution in [2.24, 2.45) is 0 Å².